The molecule has 3 aliphatic rings. The van der Waals surface area contributed by atoms with E-state index in [0.29, 0.717) is 30.7 Å². The quantitative estimate of drug-likeness (QED) is 0.700. The van der Waals surface area contributed by atoms with E-state index in [0.717, 1.165) is 25.5 Å². The van der Waals surface area contributed by atoms with E-state index < -0.39 is 10.0 Å². The molecule has 0 aromatic heterocycles. The lowest BCUT2D eigenvalue weighted by molar-refractivity contribution is -0.111. The van der Waals surface area contributed by atoms with Crippen LogP contribution in [0.4, 0.5) is 10.5 Å². The number of piperazine rings is 1. The van der Waals surface area contributed by atoms with E-state index in [1.165, 1.54) is 42.1 Å². The van der Waals surface area contributed by atoms with Gasteiger partial charge in [-0.05, 0) is 61.9 Å². The van der Waals surface area contributed by atoms with Crippen LogP contribution >= 0.6 is 0 Å². The van der Waals surface area contributed by atoms with Crippen LogP contribution in [0.25, 0.3) is 0 Å². The molecule has 3 fully saturated rings. The number of carbonyl (C=O) groups excluding carboxylic acids is 2. The van der Waals surface area contributed by atoms with Gasteiger partial charge in [-0.1, -0.05) is 19.4 Å². The predicted octanol–water partition coefficient (Wildman–Crippen LogP) is 2.89. The Morgan fingerprint density at radius 3 is 2.28 bits per heavy atom. The van der Waals surface area contributed by atoms with Gasteiger partial charge in [-0.25, -0.2) is 13.2 Å². The number of carbonyl (C=O) groups is 2. The number of sulfonamides is 1. The molecular formula is C23H32N4O4S. The fraction of sp³-hybridized carbons (Fsp3) is 0.565. The number of benzene rings is 1. The van der Waals surface area contributed by atoms with Gasteiger partial charge in [0.2, 0.25) is 15.9 Å². The molecule has 1 aliphatic carbocycles. The van der Waals surface area contributed by atoms with Crippen molar-refractivity contribution in [3.05, 3.63) is 36.9 Å². The molecule has 1 aromatic rings. The van der Waals surface area contributed by atoms with Gasteiger partial charge in [0.15, 0.2) is 0 Å². The lowest BCUT2D eigenvalue weighted by Crippen LogP contribution is -2.58. The van der Waals surface area contributed by atoms with E-state index in [4.69, 9.17) is 0 Å². The average Bonchev–Trinajstić information content (AvgIpc) is 2.83. The minimum absolute atomic E-state index is 0.0703. The second kappa shape index (κ2) is 9.62. The van der Waals surface area contributed by atoms with Gasteiger partial charge < -0.3 is 15.1 Å². The van der Waals surface area contributed by atoms with Crippen molar-refractivity contribution < 1.29 is 18.0 Å². The van der Waals surface area contributed by atoms with Crippen LogP contribution < -0.4 is 5.32 Å². The molecule has 174 valence electrons. The molecule has 2 saturated heterocycles. The van der Waals surface area contributed by atoms with E-state index in [2.05, 4.69) is 16.8 Å². The summed E-state index contributed by atoms with van der Waals surface area (Å²) in [5.41, 5.74) is 0.506. The maximum Gasteiger partial charge on any atom is 0.320 e. The van der Waals surface area contributed by atoms with Crippen LogP contribution in [0.2, 0.25) is 0 Å². The van der Waals surface area contributed by atoms with Crippen molar-refractivity contribution in [1.29, 1.82) is 0 Å². The Morgan fingerprint density at radius 2 is 1.59 bits per heavy atom. The summed E-state index contributed by atoms with van der Waals surface area (Å²) in [5.74, 6) is 0.275. The number of piperidine rings is 1. The van der Waals surface area contributed by atoms with Crippen molar-refractivity contribution in [2.75, 3.05) is 38.0 Å². The Balaban J connectivity index is 1.36. The molecule has 4 rings (SSSR count). The number of nitrogens with one attached hydrogen (secondary N) is 1. The molecule has 2 aliphatic heterocycles. The average molecular weight is 461 g/mol. The summed E-state index contributed by atoms with van der Waals surface area (Å²) < 4.78 is 27.5. The third-order valence-corrected chi connectivity index (χ3v) is 8.86. The maximum absolute atomic E-state index is 13.2. The van der Waals surface area contributed by atoms with Crippen LogP contribution in [-0.2, 0) is 14.8 Å². The number of hydrogen-bond acceptors (Lipinski definition) is 4. The van der Waals surface area contributed by atoms with Gasteiger partial charge in [0.05, 0.1) is 4.90 Å². The van der Waals surface area contributed by atoms with E-state index in [1.807, 2.05) is 4.90 Å². The number of rotatable bonds is 4. The van der Waals surface area contributed by atoms with Gasteiger partial charge in [-0.3, -0.25) is 4.79 Å². The van der Waals surface area contributed by atoms with Crippen LogP contribution in [0.1, 0.15) is 38.5 Å². The van der Waals surface area contributed by atoms with Gasteiger partial charge in [0.25, 0.3) is 0 Å². The highest BCUT2D eigenvalue weighted by Crippen LogP contribution is 2.36. The first kappa shape index (κ1) is 22.8. The van der Waals surface area contributed by atoms with Gasteiger partial charge in [0, 0.05) is 44.5 Å². The van der Waals surface area contributed by atoms with E-state index in [9.17, 15) is 18.0 Å². The van der Waals surface area contributed by atoms with Crippen LogP contribution in [-0.4, -0.2) is 73.2 Å². The Hall–Kier alpha value is -2.39. The van der Waals surface area contributed by atoms with Crippen molar-refractivity contribution in [2.24, 2.45) is 5.92 Å². The predicted molar refractivity (Wildman–Crippen MR) is 123 cm³/mol. The summed E-state index contributed by atoms with van der Waals surface area (Å²) in [6.07, 6.45) is 8.20. The van der Waals surface area contributed by atoms with Gasteiger partial charge >= 0.3 is 6.03 Å². The van der Waals surface area contributed by atoms with Crippen LogP contribution in [0.15, 0.2) is 41.8 Å². The summed E-state index contributed by atoms with van der Waals surface area (Å²) in [5, 5.41) is 2.60. The van der Waals surface area contributed by atoms with Crippen molar-refractivity contribution >= 4 is 27.6 Å². The number of hydrogen-bond donors (Lipinski definition) is 1. The summed E-state index contributed by atoms with van der Waals surface area (Å²) in [7, 11) is -3.66. The van der Waals surface area contributed by atoms with Crippen LogP contribution in [0.3, 0.4) is 0 Å². The SMILES string of the molecule is C=CC(=O)Nc1ccc(S(=O)(=O)N2CCN(C(=O)N3CCCC4CCCCC43)CC2)cc1. The second-order valence-corrected chi connectivity index (χ2v) is 10.8. The van der Waals surface area contributed by atoms with Gasteiger partial charge in [-0.15, -0.1) is 0 Å². The van der Waals surface area contributed by atoms with Crippen molar-refractivity contribution in [2.45, 2.75) is 49.5 Å². The zero-order valence-electron chi connectivity index (χ0n) is 18.4. The molecule has 2 heterocycles. The Labute approximate surface area is 190 Å². The minimum Gasteiger partial charge on any atom is -0.323 e. The molecule has 3 amide bonds. The normalized spacial score (nSPS) is 24.5. The monoisotopic (exact) mass is 460 g/mol. The number of likely N-dealkylation sites (tertiary alicyclic amines) is 1. The molecule has 32 heavy (non-hydrogen) atoms. The Bertz CT molecular complexity index is 953. The molecule has 1 N–H and O–H groups in total. The zero-order valence-corrected chi connectivity index (χ0v) is 19.2. The summed E-state index contributed by atoms with van der Waals surface area (Å²) >= 11 is 0. The smallest absolute Gasteiger partial charge is 0.320 e. The molecule has 0 radical (unpaired) electrons. The molecule has 9 heteroatoms. The fourth-order valence-corrected chi connectivity index (χ4v) is 6.64. The molecular weight excluding hydrogens is 428 g/mol. The molecule has 2 atom stereocenters. The van der Waals surface area contributed by atoms with Crippen molar-refractivity contribution in [3.8, 4) is 0 Å². The largest absolute Gasteiger partial charge is 0.323 e. The Morgan fingerprint density at radius 1 is 0.938 bits per heavy atom. The third-order valence-electron chi connectivity index (χ3n) is 6.94. The first-order valence-electron chi connectivity index (χ1n) is 11.5. The molecule has 8 nitrogen and oxygen atoms in total. The molecule has 2 unspecified atom stereocenters. The minimum atomic E-state index is -3.66. The highest BCUT2D eigenvalue weighted by atomic mass is 32.2. The fourth-order valence-electron chi connectivity index (χ4n) is 5.22. The Kier molecular flexibility index (Phi) is 6.85. The molecule has 1 aromatic carbocycles. The zero-order chi connectivity index (χ0) is 22.7. The van der Waals surface area contributed by atoms with Crippen molar-refractivity contribution in [3.63, 3.8) is 0 Å². The molecule has 0 spiro atoms. The van der Waals surface area contributed by atoms with E-state index in [-0.39, 0.29) is 29.9 Å². The second-order valence-electron chi connectivity index (χ2n) is 8.84. The number of anilines is 1. The summed E-state index contributed by atoms with van der Waals surface area (Å²) in [6, 6.07) is 6.52. The van der Waals surface area contributed by atoms with Gasteiger partial charge in [-0.2, -0.15) is 4.31 Å². The van der Waals surface area contributed by atoms with Crippen LogP contribution in [0.5, 0.6) is 0 Å². The number of nitrogens with zero attached hydrogens (tertiary/aromatic N) is 3. The molecule has 0 bridgehead atoms. The molecule has 1 saturated carbocycles. The first-order valence-corrected chi connectivity index (χ1v) is 12.9. The topological polar surface area (TPSA) is 90.0 Å². The summed E-state index contributed by atoms with van der Waals surface area (Å²) in [4.78, 5) is 28.7. The highest BCUT2D eigenvalue weighted by molar-refractivity contribution is 7.89. The standard InChI is InChI=1S/C23H32N4O4S/c1-2-22(28)24-19-9-11-20(12-10-19)32(30,31)26-16-14-25(15-17-26)23(29)27-13-5-7-18-6-3-4-8-21(18)27/h2,9-12,18,21H,1,3-8,13-17H2,(H,24,28). The van der Waals surface area contributed by atoms with E-state index in [1.54, 1.807) is 12.1 Å². The number of fused-ring (bicyclic) bond motifs is 1. The van der Waals surface area contributed by atoms with E-state index >= 15 is 0 Å². The van der Waals surface area contributed by atoms with Crippen molar-refractivity contribution in [1.82, 2.24) is 14.1 Å². The third kappa shape index (κ3) is 4.68. The maximum atomic E-state index is 13.2. The lowest BCUT2D eigenvalue weighted by atomic mass is 9.78. The lowest BCUT2D eigenvalue weighted by Gasteiger charge is -2.46. The highest BCUT2D eigenvalue weighted by Gasteiger charge is 2.39. The number of urea groups is 1. The first-order chi connectivity index (χ1) is 15.4. The van der Waals surface area contributed by atoms with Gasteiger partial charge in [0.1, 0.15) is 0 Å². The van der Waals surface area contributed by atoms with Crippen LogP contribution in [0, 0.1) is 5.92 Å². The number of amides is 3. The summed E-state index contributed by atoms with van der Waals surface area (Å²) in [6.45, 7) is 5.58.